The molecule has 4 amide bonds. The summed E-state index contributed by atoms with van der Waals surface area (Å²) in [5, 5.41) is 26.2. The molecule has 0 saturated carbocycles. The van der Waals surface area contributed by atoms with E-state index in [1.54, 1.807) is 26.0 Å². The number of primary amides is 1. The summed E-state index contributed by atoms with van der Waals surface area (Å²) in [5.41, 5.74) is 22.4. The second-order valence-electron chi connectivity index (χ2n) is 9.75. The van der Waals surface area contributed by atoms with E-state index in [0.717, 1.165) is 0 Å². The first kappa shape index (κ1) is 33.6. The number of aliphatic imine (C=N–C) groups is 1. The lowest BCUT2D eigenvalue weighted by molar-refractivity contribution is -0.142. The summed E-state index contributed by atoms with van der Waals surface area (Å²) in [6.07, 6.45) is -0.0559. The molecule has 0 heterocycles. The number of hydrogen-bond donors (Lipinski definition) is 9. The van der Waals surface area contributed by atoms with Crippen molar-refractivity contribution in [3.8, 4) is 5.75 Å². The van der Waals surface area contributed by atoms with Crippen LogP contribution in [0.1, 0.15) is 45.1 Å². The Morgan fingerprint density at radius 2 is 1.43 bits per heavy atom. The van der Waals surface area contributed by atoms with E-state index in [4.69, 9.17) is 22.9 Å². The van der Waals surface area contributed by atoms with Gasteiger partial charge in [0.25, 0.3) is 0 Å². The van der Waals surface area contributed by atoms with Gasteiger partial charge < -0.3 is 49.1 Å². The zero-order valence-corrected chi connectivity index (χ0v) is 22.6. The molecule has 15 nitrogen and oxygen atoms in total. The van der Waals surface area contributed by atoms with Crippen molar-refractivity contribution in [3.63, 3.8) is 0 Å². The Morgan fingerprint density at radius 1 is 0.875 bits per heavy atom. The van der Waals surface area contributed by atoms with Crippen molar-refractivity contribution in [2.75, 3.05) is 6.54 Å². The Kier molecular flexibility index (Phi) is 13.9. The van der Waals surface area contributed by atoms with Crippen molar-refractivity contribution in [3.05, 3.63) is 29.8 Å². The number of nitrogens with zero attached hydrogens (tertiary/aromatic N) is 1. The number of nitrogens with two attached hydrogens (primary N) is 4. The van der Waals surface area contributed by atoms with E-state index in [-0.39, 0.29) is 49.9 Å². The summed E-state index contributed by atoms with van der Waals surface area (Å²) in [7, 11) is 0. The molecule has 0 aliphatic rings. The summed E-state index contributed by atoms with van der Waals surface area (Å²) in [5.74, 6) is -4.74. The van der Waals surface area contributed by atoms with E-state index >= 15 is 0 Å². The Bertz CT molecular complexity index is 1060. The van der Waals surface area contributed by atoms with E-state index in [2.05, 4.69) is 20.9 Å². The highest BCUT2D eigenvalue weighted by atomic mass is 16.4. The fourth-order valence-electron chi connectivity index (χ4n) is 3.68. The number of nitrogens with one attached hydrogen (secondary N) is 3. The van der Waals surface area contributed by atoms with Crippen LogP contribution in [0.3, 0.4) is 0 Å². The number of amides is 4. The smallest absolute Gasteiger partial charge is 0.326 e. The lowest BCUT2D eigenvalue weighted by Crippen LogP contribution is -2.58. The van der Waals surface area contributed by atoms with Crippen molar-refractivity contribution in [2.24, 2.45) is 33.8 Å². The highest BCUT2D eigenvalue weighted by Gasteiger charge is 2.31. The lowest BCUT2D eigenvalue weighted by Gasteiger charge is -2.25. The molecule has 1 aromatic rings. The van der Waals surface area contributed by atoms with E-state index in [1.165, 1.54) is 12.1 Å². The third-order valence-electron chi connectivity index (χ3n) is 5.67. The van der Waals surface area contributed by atoms with Crippen molar-refractivity contribution >= 4 is 35.6 Å². The summed E-state index contributed by atoms with van der Waals surface area (Å²) in [4.78, 5) is 65.9. The molecule has 15 heteroatoms. The predicted octanol–water partition coefficient (Wildman–Crippen LogP) is -2.22. The van der Waals surface area contributed by atoms with Gasteiger partial charge in [-0.15, -0.1) is 0 Å². The minimum absolute atomic E-state index is 0.0273. The van der Waals surface area contributed by atoms with E-state index in [0.29, 0.717) is 5.56 Å². The zero-order chi connectivity index (χ0) is 30.4. The highest BCUT2D eigenvalue weighted by molar-refractivity contribution is 5.96. The molecule has 0 aromatic heterocycles. The average Bonchev–Trinajstić information content (AvgIpc) is 2.85. The molecular weight excluding hydrogens is 524 g/mol. The minimum Gasteiger partial charge on any atom is -0.508 e. The number of carbonyl (C=O) groups excluding carboxylic acids is 4. The van der Waals surface area contributed by atoms with Crippen LogP contribution >= 0.6 is 0 Å². The molecule has 0 aliphatic carbocycles. The van der Waals surface area contributed by atoms with Crippen molar-refractivity contribution in [2.45, 2.75) is 70.1 Å². The summed E-state index contributed by atoms with van der Waals surface area (Å²) in [6, 6.07) is 1.04. The molecule has 0 bridgehead atoms. The average molecular weight is 565 g/mol. The van der Waals surface area contributed by atoms with Crippen LogP contribution in [-0.4, -0.2) is 76.5 Å². The molecule has 222 valence electrons. The second-order valence-corrected chi connectivity index (χ2v) is 9.75. The van der Waals surface area contributed by atoms with Crippen LogP contribution in [0.15, 0.2) is 29.3 Å². The topological polar surface area (TPSA) is 278 Å². The van der Waals surface area contributed by atoms with Gasteiger partial charge in [0.1, 0.15) is 23.9 Å². The van der Waals surface area contributed by atoms with Crippen LogP contribution in [-0.2, 0) is 30.4 Å². The Labute approximate surface area is 232 Å². The van der Waals surface area contributed by atoms with E-state index < -0.39 is 60.2 Å². The predicted molar refractivity (Wildman–Crippen MR) is 146 cm³/mol. The van der Waals surface area contributed by atoms with Crippen LogP contribution < -0.4 is 38.9 Å². The molecule has 0 spiro atoms. The van der Waals surface area contributed by atoms with Crippen LogP contribution in [0.4, 0.5) is 0 Å². The fraction of sp³-hybridized carbons (Fsp3) is 0.520. The number of guanidine groups is 1. The van der Waals surface area contributed by atoms with Crippen LogP contribution in [0.25, 0.3) is 0 Å². The third-order valence-corrected chi connectivity index (χ3v) is 5.67. The number of benzene rings is 1. The van der Waals surface area contributed by atoms with Gasteiger partial charge in [-0.25, -0.2) is 4.79 Å². The van der Waals surface area contributed by atoms with Gasteiger partial charge in [-0.2, -0.15) is 0 Å². The van der Waals surface area contributed by atoms with Crippen molar-refractivity contribution in [1.29, 1.82) is 0 Å². The van der Waals surface area contributed by atoms with Crippen molar-refractivity contribution in [1.82, 2.24) is 16.0 Å². The highest BCUT2D eigenvalue weighted by Crippen LogP contribution is 2.11. The molecule has 4 atom stereocenters. The maximum Gasteiger partial charge on any atom is 0.326 e. The molecule has 40 heavy (non-hydrogen) atoms. The molecule has 4 unspecified atom stereocenters. The van der Waals surface area contributed by atoms with Crippen molar-refractivity contribution < 1.29 is 34.2 Å². The summed E-state index contributed by atoms with van der Waals surface area (Å²) < 4.78 is 0. The number of aliphatic carboxylic acids is 1. The second kappa shape index (κ2) is 16.5. The Morgan fingerprint density at radius 3 is 1.95 bits per heavy atom. The van der Waals surface area contributed by atoms with E-state index in [9.17, 15) is 34.2 Å². The Balaban J connectivity index is 2.95. The van der Waals surface area contributed by atoms with Gasteiger partial charge in [-0.1, -0.05) is 26.0 Å². The standard InChI is InChI=1S/C25H40N8O7/c1-13(2)10-18(22(37)31-17(24(39)40)4-3-9-30-25(28)29)33-23(38)19(12-20(27)35)32-21(36)16(26)11-14-5-7-15(34)8-6-14/h5-8,13,16-19,34H,3-4,9-12,26H2,1-2H3,(H2,27,35)(H,31,37)(H,32,36)(H,33,38)(H,39,40)(H4,28,29,30). The zero-order valence-electron chi connectivity index (χ0n) is 22.6. The molecule has 1 aromatic carbocycles. The number of phenols is 1. The molecule has 0 aliphatic heterocycles. The van der Waals surface area contributed by atoms with Crippen LogP contribution in [0, 0.1) is 5.92 Å². The molecule has 1 rings (SSSR count). The molecule has 0 fully saturated rings. The van der Waals surface area contributed by atoms with Gasteiger partial charge in [0.05, 0.1) is 12.5 Å². The number of hydrogen-bond acceptors (Lipinski definition) is 8. The number of rotatable bonds is 17. The normalized spacial score (nSPS) is 13.8. The molecule has 0 saturated heterocycles. The van der Waals surface area contributed by atoms with Gasteiger partial charge in [-0.05, 0) is 49.3 Å². The van der Waals surface area contributed by atoms with Gasteiger partial charge in [0.2, 0.25) is 23.6 Å². The van der Waals surface area contributed by atoms with Gasteiger partial charge in [0, 0.05) is 6.54 Å². The van der Waals surface area contributed by atoms with Crippen LogP contribution in [0.2, 0.25) is 0 Å². The van der Waals surface area contributed by atoms with Crippen LogP contribution in [0.5, 0.6) is 5.75 Å². The number of aromatic hydroxyl groups is 1. The maximum absolute atomic E-state index is 13.1. The molecular formula is C25H40N8O7. The largest absolute Gasteiger partial charge is 0.508 e. The first-order chi connectivity index (χ1) is 18.7. The van der Waals surface area contributed by atoms with Gasteiger partial charge >= 0.3 is 5.97 Å². The Hall–Kier alpha value is -4.40. The fourth-order valence-corrected chi connectivity index (χ4v) is 3.68. The first-order valence-electron chi connectivity index (χ1n) is 12.7. The molecule has 13 N–H and O–H groups in total. The quantitative estimate of drug-likeness (QED) is 0.0558. The van der Waals surface area contributed by atoms with E-state index in [1.807, 2.05) is 0 Å². The number of carboxylic acids is 1. The third kappa shape index (κ3) is 12.9. The number of carboxylic acid groups (broad SMARTS) is 1. The van der Waals surface area contributed by atoms with Gasteiger partial charge in [0.15, 0.2) is 5.96 Å². The lowest BCUT2D eigenvalue weighted by atomic mass is 10.0. The summed E-state index contributed by atoms with van der Waals surface area (Å²) in [6.45, 7) is 3.75. The molecule has 0 radical (unpaired) electrons. The SMILES string of the molecule is CC(C)CC(NC(=O)C(CC(N)=O)NC(=O)C(N)Cc1ccc(O)cc1)C(=O)NC(CCCN=C(N)N)C(=O)O. The number of phenolic OH excluding ortho intramolecular Hbond substituents is 1. The first-order valence-corrected chi connectivity index (χ1v) is 12.7. The monoisotopic (exact) mass is 564 g/mol. The summed E-state index contributed by atoms with van der Waals surface area (Å²) >= 11 is 0. The maximum atomic E-state index is 13.1. The number of carbonyl (C=O) groups is 5. The van der Waals surface area contributed by atoms with Gasteiger partial charge in [-0.3, -0.25) is 24.2 Å². The minimum atomic E-state index is -1.44.